The Hall–Kier alpha value is -1.94. The van der Waals surface area contributed by atoms with Gasteiger partial charge in [-0.2, -0.15) is 0 Å². The zero-order valence-electron chi connectivity index (χ0n) is 14.9. The van der Waals surface area contributed by atoms with Gasteiger partial charge >= 0.3 is 0 Å². The minimum Gasteiger partial charge on any atom is -0.377 e. The molecule has 2 heterocycles. The molecule has 0 N–H and O–H groups in total. The molecule has 3 rings (SSSR count). The Morgan fingerprint density at radius 3 is 2.12 bits per heavy atom. The zero-order chi connectivity index (χ0) is 17.6. The first-order chi connectivity index (χ1) is 11.8. The lowest BCUT2D eigenvalue weighted by Gasteiger charge is -2.12. The fraction of sp³-hybridized carbons (Fsp3) is 0.500. The molecule has 24 heavy (non-hydrogen) atoms. The topological polar surface area (TPSA) is 49.9 Å². The van der Waals surface area contributed by atoms with Gasteiger partial charge in [0.05, 0.1) is 13.2 Å². The highest BCUT2D eigenvalue weighted by Crippen LogP contribution is 2.13. The lowest BCUT2D eigenvalue weighted by atomic mass is 10.1. The normalized spacial score (nSPS) is 15.7. The summed E-state index contributed by atoms with van der Waals surface area (Å²) in [5.41, 5.74) is 1.20. The first kappa shape index (κ1) is 20.1. The smallest absolute Gasteiger partial charge is 0.229 e. The van der Waals surface area contributed by atoms with Gasteiger partial charge in [-0.05, 0) is 24.8 Å². The van der Waals surface area contributed by atoms with Gasteiger partial charge < -0.3 is 4.74 Å². The van der Waals surface area contributed by atoms with Crippen molar-refractivity contribution in [2.45, 2.75) is 46.0 Å². The largest absolute Gasteiger partial charge is 0.377 e. The number of epoxide rings is 1. The standard InChI is InChI=1S/C16H19NO2.C2H4O.C2H6/c18-15-11-12-16(19)17(15)13-7-2-1-4-8-14-9-5-3-6-10-14;1-2-3-1;1-2/h3-6,8-10H,1-2,7,11-13H2;1-2H2;1-2H3. The highest BCUT2D eigenvalue weighted by Gasteiger charge is 2.27. The van der Waals surface area contributed by atoms with Crippen LogP contribution in [0.4, 0.5) is 0 Å². The monoisotopic (exact) mass is 331 g/mol. The predicted octanol–water partition coefficient (Wildman–Crippen LogP) is 4.06. The number of nitrogens with zero attached hydrogens (tertiary/aromatic N) is 1. The number of ether oxygens (including phenoxy) is 1. The number of carbonyl (C=O) groups excluding carboxylic acids is 2. The van der Waals surface area contributed by atoms with E-state index in [2.05, 4.69) is 29.0 Å². The molecule has 2 fully saturated rings. The molecule has 132 valence electrons. The summed E-state index contributed by atoms with van der Waals surface area (Å²) >= 11 is 0. The Morgan fingerprint density at radius 1 is 1.00 bits per heavy atom. The lowest BCUT2D eigenvalue weighted by Crippen LogP contribution is -2.29. The molecule has 2 amide bonds. The first-order valence-electron chi connectivity index (χ1n) is 8.90. The molecule has 2 saturated heterocycles. The van der Waals surface area contributed by atoms with Crippen LogP contribution in [-0.2, 0) is 14.3 Å². The third kappa shape index (κ3) is 8.63. The maximum absolute atomic E-state index is 11.4. The van der Waals surface area contributed by atoms with Gasteiger partial charge in [0.2, 0.25) is 11.8 Å². The maximum Gasteiger partial charge on any atom is 0.229 e. The number of likely N-dealkylation sites (tertiary alicyclic amines) is 1. The first-order valence-corrected chi connectivity index (χ1v) is 8.90. The fourth-order valence-electron chi connectivity index (χ4n) is 2.19. The van der Waals surface area contributed by atoms with Crippen LogP contribution < -0.4 is 0 Å². The maximum atomic E-state index is 11.4. The van der Waals surface area contributed by atoms with Gasteiger partial charge in [0.15, 0.2) is 0 Å². The van der Waals surface area contributed by atoms with Crippen molar-refractivity contribution < 1.29 is 14.3 Å². The van der Waals surface area contributed by atoms with Crippen LogP contribution in [0, 0.1) is 0 Å². The number of amides is 2. The molecule has 0 radical (unpaired) electrons. The van der Waals surface area contributed by atoms with Crippen molar-refractivity contribution in [3.63, 3.8) is 0 Å². The summed E-state index contributed by atoms with van der Waals surface area (Å²) in [7, 11) is 0. The molecule has 0 atom stereocenters. The van der Waals surface area contributed by atoms with Crippen LogP contribution in [0.5, 0.6) is 0 Å². The van der Waals surface area contributed by atoms with Gasteiger partial charge in [-0.1, -0.05) is 56.3 Å². The van der Waals surface area contributed by atoms with Crippen molar-refractivity contribution in [2.24, 2.45) is 0 Å². The molecule has 2 aliphatic heterocycles. The minimum atomic E-state index is -0.00942. The van der Waals surface area contributed by atoms with E-state index in [1.807, 2.05) is 32.0 Å². The minimum absolute atomic E-state index is 0.00942. The van der Waals surface area contributed by atoms with E-state index >= 15 is 0 Å². The van der Waals surface area contributed by atoms with Crippen LogP contribution in [0.2, 0.25) is 0 Å². The van der Waals surface area contributed by atoms with Crippen molar-refractivity contribution in [1.82, 2.24) is 4.90 Å². The van der Waals surface area contributed by atoms with E-state index < -0.39 is 0 Å². The average molecular weight is 331 g/mol. The molecule has 0 unspecified atom stereocenters. The molecule has 0 aromatic heterocycles. The van der Waals surface area contributed by atoms with Gasteiger partial charge in [0.25, 0.3) is 0 Å². The van der Waals surface area contributed by atoms with Crippen LogP contribution in [0.1, 0.15) is 51.5 Å². The fourth-order valence-corrected chi connectivity index (χ4v) is 2.19. The lowest BCUT2D eigenvalue weighted by molar-refractivity contribution is -0.138. The van der Waals surface area contributed by atoms with E-state index in [9.17, 15) is 9.59 Å². The Labute approximate surface area is 145 Å². The molecule has 4 heteroatoms. The summed E-state index contributed by atoms with van der Waals surface area (Å²) in [4.78, 5) is 24.2. The van der Waals surface area contributed by atoms with Gasteiger partial charge in [0, 0.05) is 19.4 Å². The molecule has 1 aromatic carbocycles. The quantitative estimate of drug-likeness (QED) is 0.449. The Bertz CT molecular complexity index is 490. The highest BCUT2D eigenvalue weighted by atomic mass is 16.6. The molecule has 1 aromatic rings. The number of unbranched alkanes of at least 4 members (excludes halogenated alkanes) is 2. The Kier molecular flexibility index (Phi) is 10.5. The van der Waals surface area contributed by atoms with Crippen LogP contribution in [0.3, 0.4) is 0 Å². The van der Waals surface area contributed by atoms with E-state index in [1.165, 1.54) is 10.5 Å². The Balaban J connectivity index is 0.000000503. The summed E-state index contributed by atoms with van der Waals surface area (Å²) in [5.74, 6) is -0.0188. The highest BCUT2D eigenvalue weighted by molar-refractivity contribution is 6.01. The third-order valence-corrected chi connectivity index (χ3v) is 3.47. The number of rotatable bonds is 6. The number of carbonyl (C=O) groups is 2. The molecule has 0 bridgehead atoms. The van der Waals surface area contributed by atoms with Gasteiger partial charge in [-0.25, -0.2) is 0 Å². The summed E-state index contributed by atoms with van der Waals surface area (Å²) in [6.45, 7) is 6.58. The SMILES string of the molecule is C1CO1.CC.O=C1CCC(=O)N1CCCCC=Cc1ccccc1. The summed E-state index contributed by atoms with van der Waals surface area (Å²) in [6, 6.07) is 10.2. The van der Waals surface area contributed by atoms with E-state index in [1.54, 1.807) is 0 Å². The number of hydrogen-bond acceptors (Lipinski definition) is 3. The van der Waals surface area contributed by atoms with Crippen molar-refractivity contribution >= 4 is 17.9 Å². The molecule has 0 spiro atoms. The van der Waals surface area contributed by atoms with E-state index in [-0.39, 0.29) is 11.8 Å². The Morgan fingerprint density at radius 2 is 1.58 bits per heavy atom. The summed E-state index contributed by atoms with van der Waals surface area (Å²) < 4.78 is 4.50. The second kappa shape index (κ2) is 12.5. The van der Waals surface area contributed by atoms with Crippen LogP contribution in [-0.4, -0.2) is 36.5 Å². The molecule has 0 saturated carbocycles. The van der Waals surface area contributed by atoms with Crippen molar-refractivity contribution in [3.8, 4) is 0 Å². The van der Waals surface area contributed by atoms with E-state index in [4.69, 9.17) is 0 Å². The average Bonchev–Trinajstić information content (AvgIpc) is 3.47. The molecule has 2 aliphatic rings. The van der Waals surface area contributed by atoms with Crippen LogP contribution in [0.25, 0.3) is 6.08 Å². The molecular weight excluding hydrogens is 302 g/mol. The molecular formula is C20H29NO3. The third-order valence-electron chi connectivity index (χ3n) is 3.47. The van der Waals surface area contributed by atoms with E-state index in [0.29, 0.717) is 19.4 Å². The van der Waals surface area contributed by atoms with Gasteiger partial charge in [-0.15, -0.1) is 0 Å². The second-order valence-corrected chi connectivity index (χ2v) is 5.36. The summed E-state index contributed by atoms with van der Waals surface area (Å²) in [5, 5.41) is 0. The van der Waals surface area contributed by atoms with Gasteiger partial charge in [0.1, 0.15) is 0 Å². The number of hydrogen-bond donors (Lipinski definition) is 0. The van der Waals surface area contributed by atoms with Crippen LogP contribution >= 0.6 is 0 Å². The summed E-state index contributed by atoms with van der Waals surface area (Å²) in [6.07, 6.45) is 7.90. The van der Waals surface area contributed by atoms with Crippen LogP contribution in [0.15, 0.2) is 36.4 Å². The van der Waals surface area contributed by atoms with Gasteiger partial charge in [-0.3, -0.25) is 14.5 Å². The number of allylic oxidation sites excluding steroid dienone is 1. The number of benzene rings is 1. The van der Waals surface area contributed by atoms with Crippen molar-refractivity contribution in [1.29, 1.82) is 0 Å². The zero-order valence-corrected chi connectivity index (χ0v) is 14.9. The predicted molar refractivity (Wildman–Crippen MR) is 97.4 cm³/mol. The number of imide groups is 1. The molecule has 0 aliphatic carbocycles. The molecule has 4 nitrogen and oxygen atoms in total. The van der Waals surface area contributed by atoms with Crippen molar-refractivity contribution in [3.05, 3.63) is 42.0 Å². The second-order valence-electron chi connectivity index (χ2n) is 5.36. The van der Waals surface area contributed by atoms with Crippen molar-refractivity contribution in [2.75, 3.05) is 19.8 Å². The van der Waals surface area contributed by atoms with E-state index in [0.717, 1.165) is 32.5 Å².